The number of nitrogens with one attached hydrogen (secondary N) is 3. The number of ether oxygens (including phenoxy) is 1. The normalized spacial score (nSPS) is 12.4. The first-order valence-corrected chi connectivity index (χ1v) is 19.0. The molecule has 0 spiro atoms. The van der Waals surface area contributed by atoms with Crippen molar-refractivity contribution in [2.75, 3.05) is 18.4 Å². The van der Waals surface area contributed by atoms with Crippen molar-refractivity contribution in [3.63, 3.8) is 0 Å². The number of hydrogen-bond acceptors (Lipinski definition) is 8. The van der Waals surface area contributed by atoms with Crippen LogP contribution < -0.4 is 15.4 Å². The summed E-state index contributed by atoms with van der Waals surface area (Å²) in [5, 5.41) is 11.9. The van der Waals surface area contributed by atoms with Crippen LogP contribution in [0.4, 0.5) is 5.82 Å². The lowest BCUT2D eigenvalue weighted by molar-refractivity contribution is -0.156. The Balaban J connectivity index is 1.36. The number of amides is 1. The fraction of sp³-hybridized carbons (Fsp3) is 0.350. The topological polar surface area (TPSA) is 144 Å². The largest absolute Gasteiger partial charge is 0.459 e. The number of pyridine rings is 1. The fourth-order valence-electron chi connectivity index (χ4n) is 6.24. The number of rotatable bonds is 15. The van der Waals surface area contributed by atoms with Crippen LogP contribution in [0.2, 0.25) is 0 Å². The highest BCUT2D eigenvalue weighted by Gasteiger charge is 2.32. The first-order chi connectivity index (χ1) is 24.7. The maximum absolute atomic E-state index is 13.6. The lowest BCUT2D eigenvalue weighted by Crippen LogP contribution is -2.50. The number of aromatic nitrogens is 3. The summed E-state index contributed by atoms with van der Waals surface area (Å²) < 4.78 is 37.3. The monoisotopic (exact) mass is 724 g/mol. The molecule has 0 aliphatic carbocycles. The Morgan fingerprint density at radius 2 is 1.62 bits per heavy atom. The number of nitrogens with zero attached hydrogens (tertiary/aromatic N) is 3. The van der Waals surface area contributed by atoms with Gasteiger partial charge in [-0.25, -0.2) is 13.4 Å². The molecule has 0 aliphatic heterocycles. The van der Waals surface area contributed by atoms with Crippen molar-refractivity contribution >= 4 is 38.6 Å². The van der Waals surface area contributed by atoms with Gasteiger partial charge in [-0.1, -0.05) is 54.1 Å². The number of anilines is 1. The molecule has 0 radical (unpaired) electrons. The van der Waals surface area contributed by atoms with Crippen LogP contribution in [0, 0.1) is 20.8 Å². The molecule has 0 saturated heterocycles. The lowest BCUT2D eigenvalue weighted by atomic mass is 10.0. The van der Waals surface area contributed by atoms with E-state index in [9.17, 15) is 18.0 Å². The van der Waals surface area contributed by atoms with Gasteiger partial charge in [0.2, 0.25) is 10.0 Å². The molecule has 5 aromatic rings. The molecule has 3 N–H and O–H groups in total. The minimum absolute atomic E-state index is 0.0935. The number of hydrogen-bond donors (Lipinski definition) is 3. The van der Waals surface area contributed by atoms with E-state index in [1.807, 2.05) is 60.1 Å². The maximum Gasteiger partial charge on any atom is 0.326 e. The average molecular weight is 725 g/mol. The van der Waals surface area contributed by atoms with E-state index in [0.717, 1.165) is 40.8 Å². The second-order valence-electron chi connectivity index (χ2n) is 14.0. The number of benzene rings is 3. The molecule has 0 saturated carbocycles. The summed E-state index contributed by atoms with van der Waals surface area (Å²) in [7, 11) is -4.16. The third-order valence-corrected chi connectivity index (χ3v) is 10.2. The molecule has 3 aromatic carbocycles. The molecule has 0 fully saturated rings. The van der Waals surface area contributed by atoms with Crippen LogP contribution >= 0.6 is 0 Å². The zero-order chi connectivity index (χ0) is 37.5. The molecule has 11 nitrogen and oxygen atoms in total. The standard InChI is InChI=1S/C40H48N6O5S/c1-27-23-28(2)37(29(3)24-27)52(49,50)45-34(39(48)51-40(4,5)6)26-43-38(47)31-17-19-35-32(25-31)33(18-16-30-13-8-7-9-14-30)44-46(35)22-12-21-42-36-15-10-11-20-41-36/h7-11,13-15,17,19-20,23-25,34,45H,12,16,18,21-22,26H2,1-6H3,(H,41,42)(H,43,47)/t34-/m0/s1. The first-order valence-electron chi connectivity index (χ1n) is 17.5. The minimum atomic E-state index is -4.16. The van der Waals surface area contributed by atoms with E-state index in [1.165, 1.54) is 5.56 Å². The Bertz CT molecular complexity index is 2100. The molecule has 1 atom stereocenters. The minimum Gasteiger partial charge on any atom is -0.459 e. The Hall–Kier alpha value is -5.07. The van der Waals surface area contributed by atoms with E-state index in [0.29, 0.717) is 36.2 Å². The third kappa shape index (κ3) is 10.0. The summed E-state index contributed by atoms with van der Waals surface area (Å²) >= 11 is 0. The number of fused-ring (bicyclic) bond motifs is 1. The Kier molecular flexibility index (Phi) is 12.1. The molecular weight excluding hydrogens is 677 g/mol. The van der Waals surface area contributed by atoms with Crippen LogP contribution in [0.3, 0.4) is 0 Å². The van der Waals surface area contributed by atoms with Crippen molar-refractivity contribution in [1.82, 2.24) is 24.8 Å². The van der Waals surface area contributed by atoms with Crippen LogP contribution in [-0.2, 0) is 38.9 Å². The van der Waals surface area contributed by atoms with Gasteiger partial charge in [-0.3, -0.25) is 14.3 Å². The zero-order valence-electron chi connectivity index (χ0n) is 30.7. The summed E-state index contributed by atoms with van der Waals surface area (Å²) in [4.78, 5) is 31.4. The van der Waals surface area contributed by atoms with E-state index in [4.69, 9.17) is 9.84 Å². The second kappa shape index (κ2) is 16.5. The quantitative estimate of drug-likeness (QED) is 0.0873. The molecule has 2 aromatic heterocycles. The van der Waals surface area contributed by atoms with Gasteiger partial charge in [-0.2, -0.15) is 9.82 Å². The van der Waals surface area contributed by atoms with E-state index in [1.54, 1.807) is 59.0 Å². The molecule has 12 heteroatoms. The van der Waals surface area contributed by atoms with Gasteiger partial charge in [0, 0.05) is 36.8 Å². The first kappa shape index (κ1) is 38.2. The number of aryl methyl sites for hydroxylation is 6. The van der Waals surface area contributed by atoms with Gasteiger partial charge in [-0.15, -0.1) is 0 Å². The number of carbonyl (C=O) groups excluding carboxylic acids is 2. The van der Waals surface area contributed by atoms with Gasteiger partial charge in [-0.05, 0) is 108 Å². The van der Waals surface area contributed by atoms with Crippen LogP contribution in [-0.4, -0.2) is 59.8 Å². The molecular formula is C40H48N6O5S. The van der Waals surface area contributed by atoms with E-state index >= 15 is 0 Å². The van der Waals surface area contributed by atoms with Crippen molar-refractivity contribution < 1.29 is 22.7 Å². The van der Waals surface area contributed by atoms with Gasteiger partial charge in [0.15, 0.2) is 0 Å². The summed E-state index contributed by atoms with van der Waals surface area (Å²) in [5.74, 6) is -0.441. The summed E-state index contributed by atoms with van der Waals surface area (Å²) in [6.45, 7) is 11.5. The number of carbonyl (C=O) groups is 2. The van der Waals surface area contributed by atoms with Crippen molar-refractivity contribution in [3.8, 4) is 0 Å². The van der Waals surface area contributed by atoms with Crippen LogP contribution in [0.5, 0.6) is 0 Å². The van der Waals surface area contributed by atoms with Gasteiger partial charge in [0.1, 0.15) is 17.5 Å². The summed E-state index contributed by atoms with van der Waals surface area (Å²) in [6, 6.07) is 23.5. The molecule has 5 rings (SSSR count). The maximum atomic E-state index is 13.6. The average Bonchev–Trinajstić information content (AvgIpc) is 3.43. The summed E-state index contributed by atoms with van der Waals surface area (Å²) in [6.07, 6.45) is 4.00. The van der Waals surface area contributed by atoms with Gasteiger partial charge in [0.05, 0.1) is 16.1 Å². The van der Waals surface area contributed by atoms with Gasteiger partial charge >= 0.3 is 5.97 Å². The van der Waals surface area contributed by atoms with Crippen LogP contribution in [0.1, 0.15) is 65.5 Å². The van der Waals surface area contributed by atoms with Crippen LogP contribution in [0.25, 0.3) is 10.9 Å². The van der Waals surface area contributed by atoms with Crippen molar-refractivity contribution in [2.45, 2.75) is 83.9 Å². The SMILES string of the molecule is Cc1cc(C)c(S(=O)(=O)N[C@@H](CNC(=O)c2ccc3c(c2)c(CCc2ccccc2)nn3CCCNc2ccccn2)C(=O)OC(C)(C)C)c(C)c1. The van der Waals surface area contributed by atoms with Crippen molar-refractivity contribution in [1.29, 1.82) is 0 Å². The third-order valence-electron chi connectivity index (χ3n) is 8.43. The molecule has 1 amide bonds. The Morgan fingerprint density at radius 1 is 0.904 bits per heavy atom. The molecule has 2 heterocycles. The predicted molar refractivity (Wildman–Crippen MR) is 204 cm³/mol. The summed E-state index contributed by atoms with van der Waals surface area (Å²) in [5.41, 5.74) is 4.47. The molecule has 0 aliphatic rings. The fourth-order valence-corrected chi connectivity index (χ4v) is 7.88. The molecule has 0 unspecified atom stereocenters. The Labute approximate surface area is 306 Å². The molecule has 0 bridgehead atoms. The van der Waals surface area contributed by atoms with E-state index < -0.39 is 33.5 Å². The molecule has 52 heavy (non-hydrogen) atoms. The highest BCUT2D eigenvalue weighted by molar-refractivity contribution is 7.89. The molecule has 274 valence electrons. The van der Waals surface area contributed by atoms with Crippen molar-refractivity contribution in [2.24, 2.45) is 0 Å². The van der Waals surface area contributed by atoms with Gasteiger partial charge in [0.25, 0.3) is 5.91 Å². The zero-order valence-corrected chi connectivity index (χ0v) is 31.5. The number of esters is 1. The lowest BCUT2D eigenvalue weighted by Gasteiger charge is -2.25. The van der Waals surface area contributed by atoms with Crippen LogP contribution in [0.15, 0.2) is 90.0 Å². The smallest absolute Gasteiger partial charge is 0.326 e. The second-order valence-corrected chi connectivity index (χ2v) is 15.7. The Morgan fingerprint density at radius 3 is 2.29 bits per heavy atom. The van der Waals surface area contributed by atoms with E-state index in [2.05, 4.69) is 32.5 Å². The predicted octanol–water partition coefficient (Wildman–Crippen LogP) is 6.06. The van der Waals surface area contributed by atoms with Gasteiger partial charge < -0.3 is 15.4 Å². The number of sulfonamides is 1. The van der Waals surface area contributed by atoms with E-state index in [-0.39, 0.29) is 11.4 Å². The van der Waals surface area contributed by atoms with Crippen molar-refractivity contribution in [3.05, 3.63) is 119 Å². The highest BCUT2D eigenvalue weighted by Crippen LogP contribution is 2.24. The highest BCUT2D eigenvalue weighted by atomic mass is 32.2.